The van der Waals surface area contributed by atoms with Gasteiger partial charge in [0.15, 0.2) is 6.10 Å². The Morgan fingerprint density at radius 2 is 1.60 bits per heavy atom. The molecule has 0 saturated heterocycles. The van der Waals surface area contributed by atoms with Crippen molar-refractivity contribution in [2.45, 2.75) is 12.5 Å². The maximum absolute atomic E-state index is 11.7. The second-order valence-electron chi connectivity index (χ2n) is 6.90. The number of aliphatic carboxylic acids is 1. The van der Waals surface area contributed by atoms with Crippen LogP contribution >= 0.6 is 15.9 Å². The number of carboxylic acids is 1. The lowest BCUT2D eigenvalue weighted by atomic mass is 10.1. The lowest BCUT2D eigenvalue weighted by Gasteiger charge is -2.16. The predicted octanol–water partition coefficient (Wildman–Crippen LogP) is 5.98. The predicted molar refractivity (Wildman–Crippen MR) is 121 cm³/mol. The molecule has 0 saturated carbocycles. The van der Waals surface area contributed by atoms with Gasteiger partial charge in [0.1, 0.15) is 5.75 Å². The third kappa shape index (κ3) is 4.63. The highest BCUT2D eigenvalue weighted by Crippen LogP contribution is 2.27. The summed E-state index contributed by atoms with van der Waals surface area (Å²) in [7, 11) is 0. The van der Waals surface area contributed by atoms with Crippen LogP contribution in [-0.4, -0.2) is 21.7 Å². The molecule has 0 aliphatic carbocycles. The van der Waals surface area contributed by atoms with Crippen LogP contribution in [0, 0.1) is 0 Å². The molecular weight excluding hydrogens is 442 g/mol. The molecule has 4 aromatic rings. The van der Waals surface area contributed by atoms with Crippen molar-refractivity contribution in [1.29, 1.82) is 0 Å². The number of halogens is 1. The Labute approximate surface area is 183 Å². The Bertz CT molecular complexity index is 1120. The lowest BCUT2D eigenvalue weighted by Crippen LogP contribution is -2.29. The van der Waals surface area contributed by atoms with E-state index in [2.05, 4.69) is 20.5 Å². The number of ether oxygens (including phenoxy) is 1. The van der Waals surface area contributed by atoms with Crippen LogP contribution in [0.1, 0.15) is 5.56 Å². The molecule has 3 aromatic carbocycles. The first kappa shape index (κ1) is 20.0. The maximum atomic E-state index is 11.7. The van der Waals surface area contributed by atoms with E-state index in [-0.39, 0.29) is 0 Å². The summed E-state index contributed by atoms with van der Waals surface area (Å²) in [5.41, 5.74) is 4.05. The highest BCUT2D eigenvalue weighted by molar-refractivity contribution is 9.10. The molecule has 0 bridgehead atoms. The van der Waals surface area contributed by atoms with E-state index in [1.54, 1.807) is 0 Å². The van der Waals surface area contributed by atoms with E-state index in [4.69, 9.17) is 4.74 Å². The van der Waals surface area contributed by atoms with E-state index in [9.17, 15) is 9.90 Å². The molecule has 1 atom stereocenters. The first-order valence-corrected chi connectivity index (χ1v) is 10.4. The number of benzene rings is 3. The summed E-state index contributed by atoms with van der Waals surface area (Å²) in [6.45, 7) is 0. The maximum Gasteiger partial charge on any atom is 0.345 e. The average molecular weight is 462 g/mol. The van der Waals surface area contributed by atoms with Crippen molar-refractivity contribution in [2.24, 2.45) is 0 Å². The van der Waals surface area contributed by atoms with E-state index in [1.165, 1.54) is 0 Å². The van der Waals surface area contributed by atoms with Gasteiger partial charge in [0, 0.05) is 22.8 Å². The zero-order valence-electron chi connectivity index (χ0n) is 16.1. The van der Waals surface area contributed by atoms with Gasteiger partial charge in [-0.25, -0.2) is 4.79 Å². The van der Waals surface area contributed by atoms with Crippen molar-refractivity contribution in [3.63, 3.8) is 0 Å². The Morgan fingerprint density at radius 3 is 2.27 bits per heavy atom. The standard InChI is InChI=1S/C25H20BrNO3/c26-20-10-12-21(13-11-20)27-16-4-7-23(27)19-8-14-22(15-9-19)30-24(25(28)29)17-18-5-2-1-3-6-18/h1-16,24H,17H2,(H,28,29)/t24-/m1/s1. The third-order valence-corrected chi connectivity index (χ3v) is 5.35. The molecule has 1 N–H and O–H groups in total. The molecule has 4 rings (SSSR count). The molecule has 0 unspecified atom stereocenters. The molecular formula is C25H20BrNO3. The van der Waals surface area contributed by atoms with Gasteiger partial charge in [-0.2, -0.15) is 0 Å². The summed E-state index contributed by atoms with van der Waals surface area (Å²) in [5.74, 6) is -0.448. The molecule has 4 nitrogen and oxygen atoms in total. The Kier molecular flexibility index (Phi) is 6.00. The molecule has 1 aromatic heterocycles. The van der Waals surface area contributed by atoms with Gasteiger partial charge in [-0.15, -0.1) is 0 Å². The third-order valence-electron chi connectivity index (χ3n) is 4.82. The van der Waals surface area contributed by atoms with E-state index >= 15 is 0 Å². The fraction of sp³-hybridized carbons (Fsp3) is 0.0800. The molecule has 0 aliphatic heterocycles. The zero-order valence-corrected chi connectivity index (χ0v) is 17.7. The average Bonchev–Trinajstić information content (AvgIpc) is 3.25. The van der Waals surface area contributed by atoms with E-state index in [1.807, 2.05) is 97.2 Å². The molecule has 0 amide bonds. The topological polar surface area (TPSA) is 51.5 Å². The van der Waals surface area contributed by atoms with Crippen LogP contribution in [0.5, 0.6) is 5.75 Å². The van der Waals surface area contributed by atoms with Crippen molar-refractivity contribution in [2.75, 3.05) is 0 Å². The highest BCUT2D eigenvalue weighted by Gasteiger charge is 2.20. The number of aromatic nitrogens is 1. The van der Waals surface area contributed by atoms with Gasteiger partial charge in [0.2, 0.25) is 0 Å². The summed E-state index contributed by atoms with van der Waals surface area (Å²) in [6, 6.07) is 29.2. The van der Waals surface area contributed by atoms with E-state index in [0.717, 1.165) is 27.0 Å². The zero-order chi connectivity index (χ0) is 20.9. The SMILES string of the molecule is O=C(O)[C@@H](Cc1ccccc1)Oc1ccc(-c2cccn2-c2ccc(Br)cc2)cc1. The fourth-order valence-electron chi connectivity index (χ4n) is 3.32. The van der Waals surface area contributed by atoms with Crippen LogP contribution in [0.15, 0.2) is 102 Å². The van der Waals surface area contributed by atoms with Gasteiger partial charge in [0.05, 0.1) is 5.69 Å². The molecule has 0 aliphatic rings. The van der Waals surface area contributed by atoms with Crippen molar-refractivity contribution in [1.82, 2.24) is 4.57 Å². The van der Waals surface area contributed by atoms with Crippen LogP contribution < -0.4 is 4.74 Å². The largest absolute Gasteiger partial charge is 0.478 e. The minimum absolute atomic E-state index is 0.310. The number of rotatable bonds is 7. The summed E-state index contributed by atoms with van der Waals surface area (Å²) < 4.78 is 8.91. The second-order valence-corrected chi connectivity index (χ2v) is 7.81. The lowest BCUT2D eigenvalue weighted by molar-refractivity contribution is -0.145. The van der Waals surface area contributed by atoms with Crippen molar-refractivity contribution < 1.29 is 14.6 Å². The van der Waals surface area contributed by atoms with Gasteiger partial charge in [-0.1, -0.05) is 46.3 Å². The smallest absolute Gasteiger partial charge is 0.345 e. The molecule has 30 heavy (non-hydrogen) atoms. The fourth-order valence-corrected chi connectivity index (χ4v) is 3.58. The van der Waals surface area contributed by atoms with Crippen LogP contribution in [0.25, 0.3) is 16.9 Å². The number of carboxylic acid groups (broad SMARTS) is 1. The summed E-state index contributed by atoms with van der Waals surface area (Å²) in [4.78, 5) is 11.7. The van der Waals surface area contributed by atoms with E-state index in [0.29, 0.717) is 12.2 Å². The van der Waals surface area contributed by atoms with Crippen LogP contribution in [0.2, 0.25) is 0 Å². The number of carbonyl (C=O) groups is 1. The van der Waals surface area contributed by atoms with Gasteiger partial charge in [-0.3, -0.25) is 0 Å². The van der Waals surface area contributed by atoms with Crippen LogP contribution in [0.3, 0.4) is 0 Å². The molecule has 5 heteroatoms. The minimum Gasteiger partial charge on any atom is -0.478 e. The Hall–Kier alpha value is -3.31. The minimum atomic E-state index is -0.980. The van der Waals surface area contributed by atoms with Gasteiger partial charge < -0.3 is 14.4 Å². The molecule has 1 heterocycles. The number of nitrogens with zero attached hydrogens (tertiary/aromatic N) is 1. The van der Waals surface area contributed by atoms with Gasteiger partial charge in [0.25, 0.3) is 0 Å². The molecule has 150 valence electrons. The molecule has 0 radical (unpaired) electrons. The van der Waals surface area contributed by atoms with Crippen molar-refractivity contribution in [3.05, 3.63) is 107 Å². The van der Waals surface area contributed by atoms with Gasteiger partial charge in [-0.05, 0) is 71.8 Å². The first-order chi connectivity index (χ1) is 14.6. The van der Waals surface area contributed by atoms with Gasteiger partial charge >= 0.3 is 5.97 Å². The molecule has 0 spiro atoms. The second kappa shape index (κ2) is 9.01. The highest BCUT2D eigenvalue weighted by atomic mass is 79.9. The Balaban J connectivity index is 1.53. The summed E-state index contributed by atoms with van der Waals surface area (Å²) in [6.07, 6.45) is 1.39. The first-order valence-electron chi connectivity index (χ1n) is 9.57. The van der Waals surface area contributed by atoms with E-state index < -0.39 is 12.1 Å². The quantitative estimate of drug-likeness (QED) is 0.368. The van der Waals surface area contributed by atoms with Crippen molar-refractivity contribution >= 4 is 21.9 Å². The van der Waals surface area contributed by atoms with Crippen molar-refractivity contribution in [3.8, 4) is 22.7 Å². The number of hydrogen-bond acceptors (Lipinski definition) is 2. The summed E-state index contributed by atoms with van der Waals surface area (Å²) in [5, 5.41) is 9.55. The van der Waals surface area contributed by atoms with Crippen LogP contribution in [0.4, 0.5) is 0 Å². The summed E-state index contributed by atoms with van der Waals surface area (Å²) >= 11 is 3.47. The molecule has 0 fully saturated rings. The Morgan fingerprint density at radius 1 is 0.900 bits per heavy atom. The number of hydrogen-bond donors (Lipinski definition) is 1. The monoisotopic (exact) mass is 461 g/mol. The normalized spacial score (nSPS) is 11.8. The van der Waals surface area contributed by atoms with Crippen LogP contribution in [-0.2, 0) is 11.2 Å².